The monoisotopic (exact) mass is 480 g/mol. The van der Waals surface area contributed by atoms with E-state index in [2.05, 4.69) is 66.3 Å². The first-order chi connectivity index (χ1) is 11.3. The second-order valence-electron chi connectivity index (χ2n) is 7.26. The SMILES string of the molecule is CCNC(=NCC(C)(C)SC)NC1CCc2nc(C(C)C)nn2C1.I. The molecule has 0 radical (unpaired) electrons. The zero-order valence-electron chi connectivity index (χ0n) is 16.3. The second kappa shape index (κ2) is 9.99. The number of thioether (sulfide) groups is 1. The molecule has 0 saturated heterocycles. The van der Waals surface area contributed by atoms with Gasteiger partial charge in [-0.2, -0.15) is 16.9 Å². The Kier molecular flexibility index (Phi) is 9.00. The summed E-state index contributed by atoms with van der Waals surface area (Å²) in [6.07, 6.45) is 4.16. The summed E-state index contributed by atoms with van der Waals surface area (Å²) in [5, 5.41) is 11.6. The van der Waals surface area contributed by atoms with E-state index in [4.69, 9.17) is 4.99 Å². The lowest BCUT2D eigenvalue weighted by atomic mass is 10.1. The summed E-state index contributed by atoms with van der Waals surface area (Å²) in [4.78, 5) is 9.42. The van der Waals surface area contributed by atoms with Gasteiger partial charge in [0.05, 0.1) is 13.1 Å². The molecular weight excluding hydrogens is 447 g/mol. The van der Waals surface area contributed by atoms with Gasteiger partial charge in [0.2, 0.25) is 0 Å². The molecule has 0 spiro atoms. The Hall–Kier alpha value is -0.510. The molecule has 2 N–H and O–H groups in total. The van der Waals surface area contributed by atoms with Gasteiger partial charge in [0, 0.05) is 29.7 Å². The maximum absolute atomic E-state index is 4.77. The molecule has 1 aromatic rings. The van der Waals surface area contributed by atoms with Gasteiger partial charge in [-0.1, -0.05) is 13.8 Å². The fourth-order valence-corrected chi connectivity index (χ4v) is 2.73. The zero-order valence-corrected chi connectivity index (χ0v) is 19.4. The number of aromatic nitrogens is 3. The Morgan fingerprint density at radius 2 is 2.16 bits per heavy atom. The summed E-state index contributed by atoms with van der Waals surface area (Å²) in [5.41, 5.74) is 0. The highest BCUT2D eigenvalue weighted by molar-refractivity contribution is 14.0. The van der Waals surface area contributed by atoms with E-state index in [1.165, 1.54) is 0 Å². The molecule has 25 heavy (non-hydrogen) atoms. The van der Waals surface area contributed by atoms with E-state index in [9.17, 15) is 0 Å². The van der Waals surface area contributed by atoms with Gasteiger partial charge in [0.25, 0.3) is 0 Å². The van der Waals surface area contributed by atoms with Gasteiger partial charge in [0.15, 0.2) is 11.8 Å². The Morgan fingerprint density at radius 3 is 2.76 bits per heavy atom. The fourth-order valence-electron chi connectivity index (χ4n) is 2.54. The number of guanidine groups is 1. The summed E-state index contributed by atoms with van der Waals surface area (Å²) in [6, 6.07) is 0.342. The number of nitrogens with one attached hydrogen (secondary N) is 2. The molecule has 1 aliphatic rings. The van der Waals surface area contributed by atoms with Crippen molar-refractivity contribution in [3.8, 4) is 0 Å². The van der Waals surface area contributed by atoms with Crippen molar-refractivity contribution < 1.29 is 0 Å². The third-order valence-electron chi connectivity index (χ3n) is 4.25. The van der Waals surface area contributed by atoms with Gasteiger partial charge >= 0.3 is 0 Å². The molecule has 1 aliphatic heterocycles. The van der Waals surface area contributed by atoms with Gasteiger partial charge in [-0.05, 0) is 33.4 Å². The maximum atomic E-state index is 4.77. The van der Waals surface area contributed by atoms with Crippen LogP contribution in [0.5, 0.6) is 0 Å². The summed E-state index contributed by atoms with van der Waals surface area (Å²) in [7, 11) is 0. The minimum Gasteiger partial charge on any atom is -0.357 e. The van der Waals surface area contributed by atoms with Crippen LogP contribution in [0.15, 0.2) is 4.99 Å². The molecule has 1 unspecified atom stereocenters. The number of halogens is 1. The van der Waals surface area contributed by atoms with Gasteiger partial charge < -0.3 is 10.6 Å². The van der Waals surface area contributed by atoms with Crippen LogP contribution in [0, 0.1) is 0 Å². The molecule has 0 saturated carbocycles. The van der Waals surface area contributed by atoms with Gasteiger partial charge in [0.1, 0.15) is 5.82 Å². The number of hydrogen-bond acceptors (Lipinski definition) is 4. The van der Waals surface area contributed by atoms with Crippen molar-refractivity contribution in [2.75, 3.05) is 19.3 Å². The lowest BCUT2D eigenvalue weighted by Crippen LogP contribution is -2.47. The third-order valence-corrected chi connectivity index (χ3v) is 5.48. The topological polar surface area (TPSA) is 67.1 Å². The maximum Gasteiger partial charge on any atom is 0.191 e. The van der Waals surface area contributed by atoms with Crippen LogP contribution in [0.1, 0.15) is 58.6 Å². The third kappa shape index (κ3) is 6.62. The van der Waals surface area contributed by atoms with Crippen molar-refractivity contribution in [3.05, 3.63) is 11.6 Å². The lowest BCUT2D eigenvalue weighted by Gasteiger charge is -2.26. The molecular formula is C17H33IN6S. The largest absolute Gasteiger partial charge is 0.357 e. The minimum atomic E-state index is 0. The van der Waals surface area contributed by atoms with E-state index in [0.717, 1.165) is 50.1 Å². The van der Waals surface area contributed by atoms with Crippen LogP contribution in [-0.2, 0) is 13.0 Å². The van der Waals surface area contributed by atoms with Crippen molar-refractivity contribution >= 4 is 41.7 Å². The second-order valence-corrected chi connectivity index (χ2v) is 8.78. The summed E-state index contributed by atoms with van der Waals surface area (Å²) >= 11 is 1.84. The molecule has 0 amide bonds. The van der Waals surface area contributed by atoms with Crippen molar-refractivity contribution in [2.45, 2.75) is 70.7 Å². The number of rotatable bonds is 6. The highest BCUT2D eigenvalue weighted by Crippen LogP contribution is 2.21. The molecule has 0 aliphatic carbocycles. The smallest absolute Gasteiger partial charge is 0.191 e. The number of aliphatic imine (C=N–C) groups is 1. The fraction of sp³-hybridized carbons (Fsp3) is 0.824. The Labute approximate surface area is 173 Å². The number of aryl methyl sites for hydroxylation is 1. The standard InChI is InChI=1S/C17H32N6S.HI/c1-7-18-16(19-11-17(4,5)24-6)20-13-8-9-14-21-15(12(2)3)22-23(14)10-13;/h12-13H,7-11H2,1-6H3,(H2,18,19,20);1H. The molecule has 6 nitrogen and oxygen atoms in total. The Morgan fingerprint density at radius 1 is 1.44 bits per heavy atom. The molecule has 0 bridgehead atoms. The first-order valence-corrected chi connectivity index (χ1v) is 10.1. The average molecular weight is 480 g/mol. The van der Waals surface area contributed by atoms with Crippen molar-refractivity contribution in [3.63, 3.8) is 0 Å². The van der Waals surface area contributed by atoms with Crippen LogP contribution >= 0.6 is 35.7 Å². The van der Waals surface area contributed by atoms with Gasteiger partial charge in [-0.3, -0.25) is 4.99 Å². The molecule has 8 heteroatoms. The van der Waals surface area contributed by atoms with Crippen LogP contribution in [0.4, 0.5) is 0 Å². The van der Waals surface area contributed by atoms with Gasteiger partial charge in [-0.25, -0.2) is 9.67 Å². The predicted octanol–water partition coefficient (Wildman–Crippen LogP) is 3.03. The van der Waals surface area contributed by atoms with E-state index < -0.39 is 0 Å². The van der Waals surface area contributed by atoms with Crippen molar-refractivity contribution in [1.82, 2.24) is 25.4 Å². The van der Waals surface area contributed by atoms with Crippen LogP contribution in [-0.4, -0.2) is 50.9 Å². The minimum absolute atomic E-state index is 0. The Balaban J connectivity index is 0.00000312. The average Bonchev–Trinajstić information content (AvgIpc) is 2.96. The first-order valence-electron chi connectivity index (χ1n) is 8.88. The molecule has 2 heterocycles. The molecule has 2 rings (SSSR count). The summed E-state index contributed by atoms with van der Waals surface area (Å²) < 4.78 is 2.21. The summed E-state index contributed by atoms with van der Waals surface area (Å²) in [5.74, 6) is 3.34. The molecule has 1 aromatic heterocycles. The number of nitrogens with zero attached hydrogens (tertiary/aromatic N) is 4. The van der Waals surface area contributed by atoms with Gasteiger partial charge in [-0.15, -0.1) is 24.0 Å². The quantitative estimate of drug-likeness (QED) is 0.372. The van der Waals surface area contributed by atoms with Crippen LogP contribution in [0.2, 0.25) is 0 Å². The number of hydrogen-bond donors (Lipinski definition) is 2. The highest BCUT2D eigenvalue weighted by Gasteiger charge is 2.23. The highest BCUT2D eigenvalue weighted by atomic mass is 127. The molecule has 1 atom stereocenters. The van der Waals surface area contributed by atoms with E-state index in [-0.39, 0.29) is 28.7 Å². The number of fused-ring (bicyclic) bond motifs is 1. The van der Waals surface area contributed by atoms with Crippen molar-refractivity contribution in [2.24, 2.45) is 4.99 Å². The molecule has 0 aromatic carbocycles. The molecule has 144 valence electrons. The van der Waals surface area contributed by atoms with Crippen LogP contribution < -0.4 is 10.6 Å². The normalized spacial score (nSPS) is 17.9. The van der Waals surface area contributed by atoms with E-state index in [1.54, 1.807) is 0 Å². The lowest BCUT2D eigenvalue weighted by molar-refractivity contribution is 0.391. The van der Waals surface area contributed by atoms with E-state index >= 15 is 0 Å². The Bertz CT molecular complexity index is 569. The van der Waals surface area contributed by atoms with Crippen LogP contribution in [0.3, 0.4) is 0 Å². The summed E-state index contributed by atoms with van der Waals surface area (Å²) in [6.45, 7) is 13.3. The predicted molar refractivity (Wildman–Crippen MR) is 118 cm³/mol. The molecule has 0 fully saturated rings. The van der Waals surface area contributed by atoms with E-state index in [0.29, 0.717) is 12.0 Å². The van der Waals surface area contributed by atoms with E-state index in [1.807, 2.05) is 11.8 Å². The first kappa shape index (κ1) is 22.5. The zero-order chi connectivity index (χ0) is 17.7. The van der Waals surface area contributed by atoms with Crippen molar-refractivity contribution in [1.29, 1.82) is 0 Å². The van der Waals surface area contributed by atoms with Crippen LogP contribution in [0.25, 0.3) is 0 Å².